The number of carbonyl (C=O) groups excluding carboxylic acids is 2. The van der Waals surface area contributed by atoms with E-state index in [-0.39, 0.29) is 5.91 Å². The van der Waals surface area contributed by atoms with Crippen LogP contribution in [0.1, 0.15) is 12.8 Å². The molecule has 1 atom stereocenters. The van der Waals surface area contributed by atoms with Crippen LogP contribution in [0.25, 0.3) is 0 Å². The zero-order valence-corrected chi connectivity index (χ0v) is 13.8. The highest BCUT2D eigenvalue weighted by Gasteiger charge is 2.37. The Kier molecular flexibility index (Phi) is 5.93. The van der Waals surface area contributed by atoms with E-state index in [1.165, 1.54) is 16.7 Å². The summed E-state index contributed by atoms with van der Waals surface area (Å²) in [7, 11) is 0. The molecule has 1 amide bonds. The van der Waals surface area contributed by atoms with Crippen molar-refractivity contribution >= 4 is 29.1 Å². The monoisotopic (exact) mass is 358 g/mol. The van der Waals surface area contributed by atoms with Gasteiger partial charge in [-0.15, -0.1) is 11.8 Å². The molecule has 1 aromatic carbocycles. The SMILES string of the molecule is CSc1ccccc1NC(=O)C1CCCN1C=CC(=O)C(F)(F)F. The van der Waals surface area contributed by atoms with Crippen molar-refractivity contribution in [1.82, 2.24) is 4.90 Å². The predicted octanol–water partition coefficient (Wildman–Crippen LogP) is 3.46. The number of hydrogen-bond acceptors (Lipinski definition) is 4. The largest absolute Gasteiger partial charge is 0.454 e. The topological polar surface area (TPSA) is 49.4 Å². The molecule has 1 heterocycles. The van der Waals surface area contributed by atoms with E-state index in [4.69, 9.17) is 0 Å². The summed E-state index contributed by atoms with van der Waals surface area (Å²) in [5, 5.41) is 2.81. The lowest BCUT2D eigenvalue weighted by molar-refractivity contribution is -0.165. The molecule has 24 heavy (non-hydrogen) atoms. The molecule has 1 aliphatic heterocycles. The van der Waals surface area contributed by atoms with E-state index in [1.54, 1.807) is 12.1 Å². The minimum Gasteiger partial charge on any atom is -0.365 e. The van der Waals surface area contributed by atoms with E-state index in [0.29, 0.717) is 31.1 Å². The van der Waals surface area contributed by atoms with Crippen LogP contribution in [0, 0.1) is 0 Å². The van der Waals surface area contributed by atoms with Crippen LogP contribution in [-0.2, 0) is 9.59 Å². The van der Waals surface area contributed by atoms with Crippen LogP contribution < -0.4 is 5.32 Å². The van der Waals surface area contributed by atoms with Gasteiger partial charge in [0.1, 0.15) is 6.04 Å². The van der Waals surface area contributed by atoms with Gasteiger partial charge in [0.05, 0.1) is 5.69 Å². The van der Waals surface area contributed by atoms with Crippen molar-refractivity contribution < 1.29 is 22.8 Å². The summed E-state index contributed by atoms with van der Waals surface area (Å²) in [6.45, 7) is 0.434. The molecule has 0 spiro atoms. The van der Waals surface area contributed by atoms with Crippen molar-refractivity contribution in [1.29, 1.82) is 0 Å². The number of anilines is 1. The Morgan fingerprint density at radius 1 is 1.33 bits per heavy atom. The fraction of sp³-hybridized carbons (Fsp3) is 0.375. The van der Waals surface area contributed by atoms with Crippen molar-refractivity contribution in [2.24, 2.45) is 0 Å². The first kappa shape index (κ1) is 18.4. The molecule has 0 aromatic heterocycles. The summed E-state index contributed by atoms with van der Waals surface area (Å²) in [6.07, 6.45) is -0.275. The van der Waals surface area contributed by atoms with E-state index in [9.17, 15) is 22.8 Å². The quantitative estimate of drug-likeness (QED) is 0.647. The van der Waals surface area contributed by atoms with Crippen molar-refractivity contribution in [3.63, 3.8) is 0 Å². The summed E-state index contributed by atoms with van der Waals surface area (Å²) in [5.74, 6) is -2.22. The maximum Gasteiger partial charge on any atom is 0.454 e. The fourth-order valence-electron chi connectivity index (χ4n) is 2.47. The molecule has 1 N–H and O–H groups in total. The lowest BCUT2D eigenvalue weighted by atomic mass is 10.2. The van der Waals surface area contributed by atoms with E-state index < -0.39 is 18.0 Å². The van der Waals surface area contributed by atoms with Crippen molar-refractivity contribution in [2.75, 3.05) is 18.1 Å². The average molecular weight is 358 g/mol. The fourth-order valence-corrected chi connectivity index (χ4v) is 3.02. The molecular weight excluding hydrogens is 341 g/mol. The number of allylic oxidation sites excluding steroid dienone is 1. The lowest BCUT2D eigenvalue weighted by Gasteiger charge is -2.22. The zero-order valence-electron chi connectivity index (χ0n) is 13.0. The molecule has 1 aliphatic rings. The number of nitrogens with zero attached hydrogens (tertiary/aromatic N) is 1. The summed E-state index contributed by atoms with van der Waals surface area (Å²) in [6, 6.07) is 6.70. The number of halogens is 3. The molecule has 0 aliphatic carbocycles. The first-order valence-electron chi connectivity index (χ1n) is 7.32. The van der Waals surface area contributed by atoms with Gasteiger partial charge in [0, 0.05) is 23.7 Å². The second-order valence-corrected chi connectivity index (χ2v) is 6.11. The minimum absolute atomic E-state index is 0.293. The third kappa shape index (κ3) is 4.53. The van der Waals surface area contributed by atoms with Gasteiger partial charge >= 0.3 is 6.18 Å². The highest BCUT2D eigenvalue weighted by molar-refractivity contribution is 7.98. The van der Waals surface area contributed by atoms with Gasteiger partial charge in [-0.25, -0.2) is 0 Å². The Balaban J connectivity index is 2.06. The Labute approximate surface area is 142 Å². The predicted molar refractivity (Wildman–Crippen MR) is 86.8 cm³/mol. The number of benzene rings is 1. The second kappa shape index (κ2) is 7.74. The number of rotatable bonds is 5. The maximum atomic E-state index is 12.4. The van der Waals surface area contributed by atoms with Gasteiger partial charge in [-0.3, -0.25) is 9.59 Å². The number of carbonyl (C=O) groups is 2. The van der Waals surface area contributed by atoms with Crippen molar-refractivity contribution in [3.8, 4) is 0 Å². The van der Waals surface area contributed by atoms with Gasteiger partial charge in [-0.1, -0.05) is 12.1 Å². The van der Waals surface area contributed by atoms with E-state index >= 15 is 0 Å². The summed E-state index contributed by atoms with van der Waals surface area (Å²) in [5.41, 5.74) is 0.664. The number of alkyl halides is 3. The van der Waals surface area contributed by atoms with E-state index in [2.05, 4.69) is 5.32 Å². The number of ketones is 1. The Bertz CT molecular complexity index is 646. The second-order valence-electron chi connectivity index (χ2n) is 5.26. The molecule has 130 valence electrons. The normalized spacial score (nSPS) is 18.2. The molecule has 8 heteroatoms. The van der Waals surface area contributed by atoms with E-state index in [1.807, 2.05) is 18.4 Å². The Morgan fingerprint density at radius 3 is 2.71 bits per heavy atom. The first-order chi connectivity index (χ1) is 11.3. The molecule has 1 unspecified atom stereocenters. The van der Waals surface area contributed by atoms with Gasteiger partial charge in [0.15, 0.2) is 0 Å². The van der Waals surface area contributed by atoms with Gasteiger partial charge in [-0.05, 0) is 31.2 Å². The van der Waals surface area contributed by atoms with Crippen LogP contribution in [-0.4, -0.2) is 41.6 Å². The molecule has 0 radical (unpaired) electrons. The van der Waals surface area contributed by atoms with Crippen LogP contribution >= 0.6 is 11.8 Å². The summed E-state index contributed by atoms with van der Waals surface area (Å²) in [4.78, 5) is 25.7. The number of hydrogen-bond donors (Lipinski definition) is 1. The van der Waals surface area contributed by atoms with Crippen LogP contribution in [0.5, 0.6) is 0 Å². The standard InChI is InChI=1S/C16H17F3N2O2S/c1-24-13-7-3-2-5-11(13)20-15(23)12-6-4-9-21(12)10-8-14(22)16(17,18)19/h2-3,5,7-8,10,12H,4,6,9H2,1H3,(H,20,23). The van der Waals surface area contributed by atoms with Crippen molar-refractivity contribution in [3.05, 3.63) is 36.5 Å². The van der Waals surface area contributed by atoms with Crippen LogP contribution in [0.2, 0.25) is 0 Å². The minimum atomic E-state index is -4.90. The van der Waals surface area contributed by atoms with Gasteiger partial charge in [0.2, 0.25) is 5.91 Å². The number of thioether (sulfide) groups is 1. The van der Waals surface area contributed by atoms with Crippen LogP contribution in [0.15, 0.2) is 41.4 Å². The van der Waals surface area contributed by atoms with E-state index in [0.717, 1.165) is 11.1 Å². The highest BCUT2D eigenvalue weighted by atomic mass is 32.2. The third-order valence-corrected chi connectivity index (χ3v) is 4.45. The zero-order chi connectivity index (χ0) is 17.7. The maximum absolute atomic E-state index is 12.4. The van der Waals surface area contributed by atoms with Gasteiger partial charge < -0.3 is 10.2 Å². The van der Waals surface area contributed by atoms with Gasteiger partial charge in [0.25, 0.3) is 5.78 Å². The molecule has 2 rings (SSSR count). The molecule has 0 saturated carbocycles. The Hall–Kier alpha value is -1.96. The molecule has 0 bridgehead atoms. The summed E-state index contributed by atoms with van der Waals surface area (Å²) >= 11 is 1.49. The molecule has 1 fully saturated rings. The third-order valence-electron chi connectivity index (χ3n) is 3.66. The average Bonchev–Trinajstić information content (AvgIpc) is 3.00. The van der Waals surface area contributed by atoms with Crippen molar-refractivity contribution in [2.45, 2.75) is 30.0 Å². The molecule has 1 saturated heterocycles. The van der Waals surface area contributed by atoms with Crippen LogP contribution in [0.3, 0.4) is 0 Å². The first-order valence-corrected chi connectivity index (χ1v) is 8.54. The number of para-hydroxylation sites is 1. The summed E-state index contributed by atoms with van der Waals surface area (Å²) < 4.78 is 36.7. The number of likely N-dealkylation sites (tertiary alicyclic amines) is 1. The Morgan fingerprint density at radius 2 is 2.04 bits per heavy atom. The smallest absolute Gasteiger partial charge is 0.365 e. The highest BCUT2D eigenvalue weighted by Crippen LogP contribution is 2.26. The number of nitrogens with one attached hydrogen (secondary N) is 1. The van der Waals surface area contributed by atoms with Crippen LogP contribution in [0.4, 0.5) is 18.9 Å². The van der Waals surface area contributed by atoms with Gasteiger partial charge in [-0.2, -0.15) is 13.2 Å². The lowest BCUT2D eigenvalue weighted by Crippen LogP contribution is -2.37. The molecular formula is C16H17F3N2O2S. The number of amides is 1. The molecule has 4 nitrogen and oxygen atoms in total. The molecule has 1 aromatic rings.